The van der Waals surface area contributed by atoms with Gasteiger partial charge in [-0.15, -0.1) is 0 Å². The van der Waals surface area contributed by atoms with Crippen molar-refractivity contribution >= 4 is 11.9 Å². The molecule has 0 bridgehead atoms. The van der Waals surface area contributed by atoms with Gasteiger partial charge in [0.05, 0.1) is 14.2 Å². The monoisotopic (exact) mass is 206 g/mol. The summed E-state index contributed by atoms with van der Waals surface area (Å²) in [4.78, 5) is 11.3. The highest BCUT2D eigenvalue weighted by molar-refractivity contribution is 5.98. The van der Waals surface area contributed by atoms with Crippen LogP contribution in [0.15, 0.2) is 18.7 Å². The van der Waals surface area contributed by atoms with E-state index < -0.39 is 0 Å². The quantitative estimate of drug-likeness (QED) is 0.710. The smallest absolute Gasteiger partial charge is 0.161 e. The third kappa shape index (κ3) is 2.18. The van der Waals surface area contributed by atoms with Gasteiger partial charge in [0.25, 0.3) is 0 Å². The molecule has 1 rings (SSSR count). The fourth-order valence-electron chi connectivity index (χ4n) is 1.37. The molecule has 80 valence electrons. The normalized spacial score (nSPS) is 9.53. The van der Waals surface area contributed by atoms with Crippen LogP contribution < -0.4 is 9.47 Å². The molecule has 0 unspecified atom stereocenters. The van der Waals surface area contributed by atoms with Gasteiger partial charge in [0.1, 0.15) is 0 Å². The SMILES string of the molecule is C=Cc1cc(OC)c(OC)cc1C(C)=O. The minimum atomic E-state index is -0.0224. The Hall–Kier alpha value is -1.77. The van der Waals surface area contributed by atoms with Crippen LogP contribution in [0.1, 0.15) is 22.8 Å². The first kappa shape index (κ1) is 11.3. The molecule has 3 heteroatoms. The summed E-state index contributed by atoms with van der Waals surface area (Å²) in [6.45, 7) is 5.16. The lowest BCUT2D eigenvalue weighted by Gasteiger charge is -2.11. The summed E-state index contributed by atoms with van der Waals surface area (Å²) in [5.41, 5.74) is 1.34. The van der Waals surface area contributed by atoms with Gasteiger partial charge in [0.15, 0.2) is 17.3 Å². The predicted molar refractivity (Wildman–Crippen MR) is 59.6 cm³/mol. The Morgan fingerprint density at radius 3 is 2.20 bits per heavy atom. The third-order valence-corrected chi connectivity index (χ3v) is 2.15. The van der Waals surface area contributed by atoms with Gasteiger partial charge >= 0.3 is 0 Å². The highest BCUT2D eigenvalue weighted by Gasteiger charge is 2.11. The lowest BCUT2D eigenvalue weighted by Crippen LogP contribution is -1.99. The molecule has 1 aromatic rings. The number of rotatable bonds is 4. The molecule has 0 amide bonds. The van der Waals surface area contributed by atoms with Crippen LogP contribution in [0.5, 0.6) is 11.5 Å². The molecule has 0 heterocycles. The van der Waals surface area contributed by atoms with Gasteiger partial charge < -0.3 is 9.47 Å². The van der Waals surface area contributed by atoms with Gasteiger partial charge in [-0.2, -0.15) is 0 Å². The molecule has 0 aliphatic carbocycles. The summed E-state index contributed by atoms with van der Waals surface area (Å²) in [6.07, 6.45) is 1.62. The number of hydrogen-bond acceptors (Lipinski definition) is 3. The summed E-state index contributed by atoms with van der Waals surface area (Å²) >= 11 is 0. The number of Topliss-reactive ketones (excluding diaryl/α,β-unsaturated/α-hetero) is 1. The zero-order valence-corrected chi connectivity index (χ0v) is 9.16. The average Bonchev–Trinajstić information content (AvgIpc) is 2.26. The number of ketones is 1. The lowest BCUT2D eigenvalue weighted by atomic mass is 10.0. The molecule has 0 aromatic heterocycles. The van der Waals surface area contributed by atoms with Crippen LogP contribution in [0.2, 0.25) is 0 Å². The van der Waals surface area contributed by atoms with E-state index in [1.807, 2.05) is 0 Å². The maximum absolute atomic E-state index is 11.3. The molecule has 0 N–H and O–H groups in total. The van der Waals surface area contributed by atoms with Crippen molar-refractivity contribution in [1.29, 1.82) is 0 Å². The van der Waals surface area contributed by atoms with Crippen LogP contribution in [-0.2, 0) is 0 Å². The van der Waals surface area contributed by atoms with E-state index in [2.05, 4.69) is 6.58 Å². The molecule has 0 aliphatic rings. The second kappa shape index (κ2) is 4.64. The molecular formula is C12H14O3. The first-order valence-electron chi connectivity index (χ1n) is 4.53. The number of carbonyl (C=O) groups excluding carboxylic acids is 1. The molecule has 0 atom stereocenters. The summed E-state index contributed by atoms with van der Waals surface area (Å²) < 4.78 is 10.2. The molecule has 15 heavy (non-hydrogen) atoms. The molecule has 3 nitrogen and oxygen atoms in total. The number of ether oxygens (including phenoxy) is 2. The molecule has 0 fully saturated rings. The van der Waals surface area contributed by atoms with Crippen LogP contribution in [0.4, 0.5) is 0 Å². The molecule has 0 saturated heterocycles. The second-order valence-electron chi connectivity index (χ2n) is 3.05. The van der Waals surface area contributed by atoms with Gasteiger partial charge in [0.2, 0.25) is 0 Å². The third-order valence-electron chi connectivity index (χ3n) is 2.15. The minimum absolute atomic E-state index is 0.0224. The predicted octanol–water partition coefficient (Wildman–Crippen LogP) is 2.55. The van der Waals surface area contributed by atoms with Crippen molar-refractivity contribution in [2.75, 3.05) is 14.2 Å². The van der Waals surface area contributed by atoms with E-state index >= 15 is 0 Å². The van der Waals surface area contributed by atoms with Gasteiger partial charge in [-0.25, -0.2) is 0 Å². The summed E-state index contributed by atoms with van der Waals surface area (Å²) in [7, 11) is 3.09. The summed E-state index contributed by atoms with van der Waals surface area (Å²) in [6, 6.07) is 3.40. The van der Waals surface area contributed by atoms with E-state index in [4.69, 9.17) is 9.47 Å². The van der Waals surface area contributed by atoms with Crippen LogP contribution in [0.3, 0.4) is 0 Å². The minimum Gasteiger partial charge on any atom is -0.493 e. The largest absolute Gasteiger partial charge is 0.493 e. The Balaban J connectivity index is 3.40. The van der Waals surface area contributed by atoms with Gasteiger partial charge in [-0.1, -0.05) is 12.7 Å². The number of carbonyl (C=O) groups is 1. The molecule has 0 saturated carbocycles. The van der Waals surface area contributed by atoms with E-state index in [9.17, 15) is 4.79 Å². The van der Waals surface area contributed by atoms with Crippen molar-refractivity contribution in [3.8, 4) is 11.5 Å². The zero-order chi connectivity index (χ0) is 11.4. The Kier molecular flexibility index (Phi) is 3.50. The van der Waals surface area contributed by atoms with Crippen LogP contribution in [-0.4, -0.2) is 20.0 Å². The van der Waals surface area contributed by atoms with Crippen molar-refractivity contribution in [2.24, 2.45) is 0 Å². The first-order chi connectivity index (χ1) is 7.13. The van der Waals surface area contributed by atoms with Gasteiger partial charge in [-0.3, -0.25) is 4.79 Å². The molecule has 1 aromatic carbocycles. The second-order valence-corrected chi connectivity index (χ2v) is 3.05. The molecule has 0 spiro atoms. The average molecular weight is 206 g/mol. The van der Waals surface area contributed by atoms with E-state index in [-0.39, 0.29) is 5.78 Å². The Labute approximate surface area is 89.3 Å². The molecule has 0 radical (unpaired) electrons. The van der Waals surface area contributed by atoms with E-state index in [1.54, 1.807) is 25.3 Å². The highest BCUT2D eigenvalue weighted by atomic mass is 16.5. The van der Waals surface area contributed by atoms with Crippen LogP contribution in [0.25, 0.3) is 6.08 Å². The summed E-state index contributed by atoms with van der Waals surface area (Å²) in [5.74, 6) is 1.12. The number of benzene rings is 1. The van der Waals surface area contributed by atoms with Crippen molar-refractivity contribution in [3.05, 3.63) is 29.8 Å². The van der Waals surface area contributed by atoms with E-state index in [0.717, 1.165) is 5.56 Å². The summed E-state index contributed by atoms with van der Waals surface area (Å²) in [5, 5.41) is 0. The van der Waals surface area contributed by atoms with E-state index in [1.165, 1.54) is 14.0 Å². The maximum atomic E-state index is 11.3. The van der Waals surface area contributed by atoms with Crippen LogP contribution >= 0.6 is 0 Å². The molecular weight excluding hydrogens is 192 g/mol. The van der Waals surface area contributed by atoms with E-state index in [0.29, 0.717) is 17.1 Å². The fraction of sp³-hybridized carbons (Fsp3) is 0.250. The number of hydrogen-bond donors (Lipinski definition) is 0. The fourth-order valence-corrected chi connectivity index (χ4v) is 1.37. The highest BCUT2D eigenvalue weighted by Crippen LogP contribution is 2.31. The van der Waals surface area contributed by atoms with Crippen molar-refractivity contribution < 1.29 is 14.3 Å². The van der Waals surface area contributed by atoms with Crippen molar-refractivity contribution in [1.82, 2.24) is 0 Å². The Morgan fingerprint density at radius 1 is 1.27 bits per heavy atom. The first-order valence-corrected chi connectivity index (χ1v) is 4.53. The maximum Gasteiger partial charge on any atom is 0.161 e. The van der Waals surface area contributed by atoms with Crippen molar-refractivity contribution in [2.45, 2.75) is 6.92 Å². The van der Waals surface area contributed by atoms with Gasteiger partial charge in [-0.05, 0) is 24.6 Å². The zero-order valence-electron chi connectivity index (χ0n) is 9.16. The lowest BCUT2D eigenvalue weighted by molar-refractivity contribution is 0.101. The van der Waals surface area contributed by atoms with Crippen molar-refractivity contribution in [3.63, 3.8) is 0 Å². The topological polar surface area (TPSA) is 35.5 Å². The standard InChI is InChI=1S/C12H14O3/c1-5-9-6-11(14-3)12(15-4)7-10(9)8(2)13/h5-7H,1H2,2-4H3. The van der Waals surface area contributed by atoms with Crippen LogP contribution in [0, 0.1) is 0 Å². The van der Waals surface area contributed by atoms with Gasteiger partial charge in [0, 0.05) is 5.56 Å². The molecule has 0 aliphatic heterocycles. The number of methoxy groups -OCH3 is 2. The Bertz CT molecular complexity index is 394. The Morgan fingerprint density at radius 2 is 1.80 bits per heavy atom.